The first-order valence-electron chi connectivity index (χ1n) is 5.57. The molecular formula is C11H20O2. The van der Waals surface area contributed by atoms with Crippen LogP contribution in [0.1, 0.15) is 45.4 Å². The fourth-order valence-electron chi connectivity index (χ4n) is 2.42. The summed E-state index contributed by atoms with van der Waals surface area (Å²) in [5.41, 5.74) is 0. The Labute approximate surface area is 80.3 Å². The van der Waals surface area contributed by atoms with Crippen molar-refractivity contribution in [2.24, 2.45) is 5.92 Å². The molecule has 0 heterocycles. The van der Waals surface area contributed by atoms with Crippen molar-refractivity contribution in [3.05, 3.63) is 0 Å². The zero-order chi connectivity index (χ0) is 9.26. The first kappa shape index (κ1) is 9.47. The van der Waals surface area contributed by atoms with Crippen molar-refractivity contribution in [3.8, 4) is 0 Å². The fourth-order valence-corrected chi connectivity index (χ4v) is 2.42. The van der Waals surface area contributed by atoms with Crippen LogP contribution in [0.4, 0.5) is 0 Å². The van der Waals surface area contributed by atoms with E-state index in [2.05, 4.69) is 6.92 Å². The standard InChI is InChI=1S/C11H20O2/c1-8-3-2-4-10(5-8)13-11-6-9(12)7-11/h8-12H,2-7H2,1H3. The zero-order valence-corrected chi connectivity index (χ0v) is 8.41. The summed E-state index contributed by atoms with van der Waals surface area (Å²) in [4.78, 5) is 0. The van der Waals surface area contributed by atoms with E-state index in [1.165, 1.54) is 25.7 Å². The van der Waals surface area contributed by atoms with Crippen LogP contribution in [0.2, 0.25) is 0 Å². The average molecular weight is 184 g/mol. The number of rotatable bonds is 2. The van der Waals surface area contributed by atoms with Crippen LogP contribution in [0.15, 0.2) is 0 Å². The van der Waals surface area contributed by atoms with E-state index in [-0.39, 0.29) is 6.10 Å². The highest BCUT2D eigenvalue weighted by atomic mass is 16.5. The third-order valence-corrected chi connectivity index (χ3v) is 3.34. The summed E-state index contributed by atoms with van der Waals surface area (Å²) in [6.07, 6.45) is 7.66. The van der Waals surface area contributed by atoms with Gasteiger partial charge in [-0.15, -0.1) is 0 Å². The molecular weight excluding hydrogens is 164 g/mol. The van der Waals surface area contributed by atoms with Gasteiger partial charge in [-0.3, -0.25) is 0 Å². The third kappa shape index (κ3) is 2.44. The van der Waals surface area contributed by atoms with Gasteiger partial charge >= 0.3 is 0 Å². The molecule has 2 nitrogen and oxygen atoms in total. The predicted octanol–water partition coefficient (Wildman–Crippen LogP) is 2.10. The third-order valence-electron chi connectivity index (χ3n) is 3.34. The minimum absolute atomic E-state index is 0.0778. The maximum absolute atomic E-state index is 9.12. The Kier molecular flexibility index (Phi) is 2.89. The molecule has 2 saturated carbocycles. The minimum atomic E-state index is -0.0778. The van der Waals surface area contributed by atoms with Crippen LogP contribution >= 0.6 is 0 Å². The van der Waals surface area contributed by atoms with Crippen molar-refractivity contribution in [3.63, 3.8) is 0 Å². The fraction of sp³-hybridized carbons (Fsp3) is 1.00. The van der Waals surface area contributed by atoms with Gasteiger partial charge in [0.25, 0.3) is 0 Å². The average Bonchev–Trinajstić information content (AvgIpc) is 2.01. The van der Waals surface area contributed by atoms with Gasteiger partial charge in [0, 0.05) is 0 Å². The van der Waals surface area contributed by atoms with Gasteiger partial charge in [-0.25, -0.2) is 0 Å². The molecule has 2 heteroatoms. The molecule has 76 valence electrons. The van der Waals surface area contributed by atoms with Crippen LogP contribution in [0.5, 0.6) is 0 Å². The Hall–Kier alpha value is -0.0800. The Bertz CT molecular complexity index is 163. The van der Waals surface area contributed by atoms with E-state index in [0.29, 0.717) is 12.2 Å². The summed E-state index contributed by atoms with van der Waals surface area (Å²) in [5, 5.41) is 9.12. The lowest BCUT2D eigenvalue weighted by Crippen LogP contribution is -2.39. The van der Waals surface area contributed by atoms with Gasteiger partial charge in [-0.2, -0.15) is 0 Å². The molecule has 2 aliphatic rings. The monoisotopic (exact) mass is 184 g/mol. The highest BCUT2D eigenvalue weighted by Crippen LogP contribution is 2.31. The highest BCUT2D eigenvalue weighted by molar-refractivity contribution is 4.81. The first-order valence-corrected chi connectivity index (χ1v) is 5.57. The molecule has 2 aliphatic carbocycles. The molecule has 1 N–H and O–H groups in total. The molecule has 0 spiro atoms. The molecule has 0 aromatic heterocycles. The van der Waals surface area contributed by atoms with E-state index in [9.17, 15) is 0 Å². The van der Waals surface area contributed by atoms with Gasteiger partial charge < -0.3 is 9.84 Å². The number of hydrogen-bond acceptors (Lipinski definition) is 2. The Balaban J connectivity index is 1.69. The van der Waals surface area contributed by atoms with Crippen LogP contribution in [-0.2, 0) is 4.74 Å². The molecule has 2 rings (SSSR count). The van der Waals surface area contributed by atoms with E-state index >= 15 is 0 Å². The molecule has 0 saturated heterocycles. The number of aliphatic hydroxyl groups is 1. The van der Waals surface area contributed by atoms with Gasteiger partial charge in [0.15, 0.2) is 0 Å². The predicted molar refractivity (Wildman–Crippen MR) is 51.5 cm³/mol. The summed E-state index contributed by atoms with van der Waals surface area (Å²) < 4.78 is 5.91. The molecule has 2 fully saturated rings. The van der Waals surface area contributed by atoms with Gasteiger partial charge in [0.1, 0.15) is 0 Å². The summed E-state index contributed by atoms with van der Waals surface area (Å²) >= 11 is 0. The van der Waals surface area contributed by atoms with Gasteiger partial charge in [0.2, 0.25) is 0 Å². The van der Waals surface area contributed by atoms with Gasteiger partial charge in [-0.05, 0) is 31.6 Å². The first-order chi connectivity index (χ1) is 6.24. The van der Waals surface area contributed by atoms with Crippen molar-refractivity contribution in [1.29, 1.82) is 0 Å². The minimum Gasteiger partial charge on any atom is -0.393 e. The second kappa shape index (κ2) is 3.97. The SMILES string of the molecule is CC1CCCC(OC2CC(O)C2)C1. The Morgan fingerprint density at radius 1 is 1.08 bits per heavy atom. The zero-order valence-electron chi connectivity index (χ0n) is 8.41. The van der Waals surface area contributed by atoms with Crippen LogP contribution in [-0.4, -0.2) is 23.4 Å². The maximum Gasteiger partial charge on any atom is 0.0628 e. The van der Waals surface area contributed by atoms with E-state index in [0.717, 1.165) is 18.8 Å². The highest BCUT2D eigenvalue weighted by Gasteiger charge is 2.31. The van der Waals surface area contributed by atoms with Crippen molar-refractivity contribution in [2.75, 3.05) is 0 Å². The largest absolute Gasteiger partial charge is 0.393 e. The van der Waals surface area contributed by atoms with E-state index in [1.807, 2.05) is 0 Å². The van der Waals surface area contributed by atoms with E-state index < -0.39 is 0 Å². The van der Waals surface area contributed by atoms with Crippen LogP contribution in [0, 0.1) is 5.92 Å². The second-order valence-corrected chi connectivity index (χ2v) is 4.78. The quantitative estimate of drug-likeness (QED) is 0.712. The van der Waals surface area contributed by atoms with Crippen LogP contribution in [0.25, 0.3) is 0 Å². The Morgan fingerprint density at radius 3 is 2.46 bits per heavy atom. The molecule has 2 unspecified atom stereocenters. The summed E-state index contributed by atoms with van der Waals surface area (Å²) in [5.74, 6) is 0.837. The van der Waals surface area contributed by atoms with E-state index in [1.54, 1.807) is 0 Å². The molecule has 0 aromatic carbocycles. The number of ether oxygens (including phenoxy) is 1. The maximum atomic E-state index is 9.12. The molecule has 0 radical (unpaired) electrons. The Morgan fingerprint density at radius 2 is 1.85 bits per heavy atom. The molecule has 2 atom stereocenters. The van der Waals surface area contributed by atoms with Crippen LogP contribution < -0.4 is 0 Å². The summed E-state index contributed by atoms with van der Waals surface area (Å²) in [6.45, 7) is 2.31. The molecule has 0 bridgehead atoms. The lowest BCUT2D eigenvalue weighted by Gasteiger charge is -2.37. The summed E-state index contributed by atoms with van der Waals surface area (Å²) in [6, 6.07) is 0. The summed E-state index contributed by atoms with van der Waals surface area (Å²) in [7, 11) is 0. The van der Waals surface area contributed by atoms with Crippen LogP contribution in [0.3, 0.4) is 0 Å². The molecule has 0 aliphatic heterocycles. The lowest BCUT2D eigenvalue weighted by molar-refractivity contribution is -0.115. The normalized spacial score (nSPS) is 45.7. The topological polar surface area (TPSA) is 29.5 Å². The van der Waals surface area contributed by atoms with E-state index in [4.69, 9.17) is 9.84 Å². The number of hydrogen-bond donors (Lipinski definition) is 1. The lowest BCUT2D eigenvalue weighted by atomic mass is 9.87. The molecule has 0 amide bonds. The molecule has 13 heavy (non-hydrogen) atoms. The number of aliphatic hydroxyl groups excluding tert-OH is 1. The van der Waals surface area contributed by atoms with Crippen molar-refractivity contribution in [1.82, 2.24) is 0 Å². The van der Waals surface area contributed by atoms with Crippen molar-refractivity contribution >= 4 is 0 Å². The van der Waals surface area contributed by atoms with Gasteiger partial charge in [-0.1, -0.05) is 19.8 Å². The van der Waals surface area contributed by atoms with Gasteiger partial charge in [0.05, 0.1) is 18.3 Å². The molecule has 0 aromatic rings. The van der Waals surface area contributed by atoms with Crippen molar-refractivity contribution < 1.29 is 9.84 Å². The second-order valence-electron chi connectivity index (χ2n) is 4.78. The smallest absolute Gasteiger partial charge is 0.0628 e. The van der Waals surface area contributed by atoms with Crippen molar-refractivity contribution in [2.45, 2.75) is 63.8 Å².